The smallest absolute Gasteiger partial charge is 0.142 e. The Kier molecular flexibility index (Phi) is 4.71. The lowest BCUT2D eigenvalue weighted by molar-refractivity contribution is 0.256. The van der Waals surface area contributed by atoms with Crippen LogP contribution in [0.5, 0.6) is 5.75 Å². The lowest BCUT2D eigenvalue weighted by Gasteiger charge is -2.41. The molecule has 1 aliphatic heterocycles. The second-order valence-electron chi connectivity index (χ2n) is 6.50. The van der Waals surface area contributed by atoms with Gasteiger partial charge in [-0.25, -0.2) is 0 Å². The molecule has 0 fully saturated rings. The van der Waals surface area contributed by atoms with Gasteiger partial charge >= 0.3 is 0 Å². The molecule has 1 N–H and O–H groups in total. The SMILES string of the molecule is CCCCOc1cccnc1C1(C(C)(C)C)C=CNC=C1. The molecule has 2 rings (SSSR count). The minimum absolute atomic E-state index is 0.000675. The molecule has 3 heteroatoms. The lowest BCUT2D eigenvalue weighted by atomic mass is 9.63. The summed E-state index contributed by atoms with van der Waals surface area (Å²) in [6, 6.07) is 3.96. The summed E-state index contributed by atoms with van der Waals surface area (Å²) in [5.41, 5.74) is 0.725. The number of aromatic nitrogens is 1. The van der Waals surface area contributed by atoms with Gasteiger partial charge in [-0.1, -0.05) is 46.3 Å². The Morgan fingerprint density at radius 2 is 1.95 bits per heavy atom. The van der Waals surface area contributed by atoms with Gasteiger partial charge in [0.1, 0.15) is 5.75 Å². The van der Waals surface area contributed by atoms with E-state index in [0.717, 1.165) is 30.9 Å². The monoisotopic (exact) mass is 286 g/mol. The van der Waals surface area contributed by atoms with Gasteiger partial charge in [-0.3, -0.25) is 4.98 Å². The first kappa shape index (κ1) is 15.6. The maximum Gasteiger partial charge on any atom is 0.142 e. The first-order valence-corrected chi connectivity index (χ1v) is 7.71. The zero-order chi connectivity index (χ0) is 15.3. The highest BCUT2D eigenvalue weighted by Gasteiger charge is 2.43. The van der Waals surface area contributed by atoms with Crippen molar-refractivity contribution < 1.29 is 4.74 Å². The largest absolute Gasteiger partial charge is 0.492 e. The van der Waals surface area contributed by atoms with E-state index in [0.29, 0.717) is 0 Å². The normalized spacial score (nSPS) is 16.6. The molecular weight excluding hydrogens is 260 g/mol. The Bertz CT molecular complexity index is 514. The Labute approximate surface area is 128 Å². The van der Waals surface area contributed by atoms with Crippen LogP contribution in [0, 0.1) is 5.41 Å². The molecule has 1 aliphatic rings. The predicted octanol–water partition coefficient (Wildman–Crippen LogP) is 4.18. The average molecular weight is 286 g/mol. The third-order valence-corrected chi connectivity index (χ3v) is 4.04. The molecule has 0 aromatic carbocycles. The molecule has 0 saturated heterocycles. The van der Waals surface area contributed by atoms with Crippen LogP contribution in [0.25, 0.3) is 0 Å². The Morgan fingerprint density at radius 3 is 2.57 bits per heavy atom. The van der Waals surface area contributed by atoms with Gasteiger partial charge in [-0.15, -0.1) is 0 Å². The van der Waals surface area contributed by atoms with Crippen molar-refractivity contribution in [1.29, 1.82) is 0 Å². The molecule has 0 saturated carbocycles. The molecule has 0 bridgehead atoms. The van der Waals surface area contributed by atoms with E-state index in [1.165, 1.54) is 0 Å². The van der Waals surface area contributed by atoms with Gasteiger partial charge in [0.15, 0.2) is 0 Å². The van der Waals surface area contributed by atoms with E-state index in [1.807, 2.05) is 30.7 Å². The maximum absolute atomic E-state index is 6.00. The molecule has 0 radical (unpaired) electrons. The fourth-order valence-corrected chi connectivity index (χ4v) is 2.63. The van der Waals surface area contributed by atoms with E-state index in [2.05, 4.69) is 50.1 Å². The molecule has 0 atom stereocenters. The summed E-state index contributed by atoms with van der Waals surface area (Å²) < 4.78 is 6.00. The summed E-state index contributed by atoms with van der Waals surface area (Å²) >= 11 is 0. The molecule has 0 spiro atoms. The molecule has 0 unspecified atom stereocenters. The summed E-state index contributed by atoms with van der Waals surface area (Å²) in [5, 5.41) is 3.12. The van der Waals surface area contributed by atoms with Gasteiger partial charge in [0.2, 0.25) is 0 Å². The molecule has 1 aromatic heterocycles. The van der Waals surface area contributed by atoms with Crippen molar-refractivity contribution in [2.24, 2.45) is 5.41 Å². The Morgan fingerprint density at radius 1 is 1.24 bits per heavy atom. The van der Waals surface area contributed by atoms with Crippen LogP contribution in [-0.2, 0) is 5.41 Å². The van der Waals surface area contributed by atoms with Crippen molar-refractivity contribution in [3.63, 3.8) is 0 Å². The van der Waals surface area contributed by atoms with Crippen LogP contribution in [0.1, 0.15) is 46.2 Å². The van der Waals surface area contributed by atoms with Crippen molar-refractivity contribution >= 4 is 0 Å². The molecule has 0 amide bonds. The van der Waals surface area contributed by atoms with Crippen molar-refractivity contribution in [2.45, 2.75) is 46.0 Å². The second kappa shape index (κ2) is 6.33. The number of ether oxygens (including phenoxy) is 1. The summed E-state index contributed by atoms with van der Waals surface area (Å²) in [5.74, 6) is 0.886. The van der Waals surface area contributed by atoms with Crippen LogP contribution in [0.4, 0.5) is 0 Å². The van der Waals surface area contributed by atoms with E-state index in [4.69, 9.17) is 4.74 Å². The number of dihydropyridines is 1. The molecule has 0 aliphatic carbocycles. The van der Waals surface area contributed by atoms with Crippen molar-refractivity contribution in [1.82, 2.24) is 10.3 Å². The van der Waals surface area contributed by atoms with Crippen molar-refractivity contribution in [3.8, 4) is 5.75 Å². The van der Waals surface area contributed by atoms with Gasteiger partial charge < -0.3 is 10.1 Å². The fourth-order valence-electron chi connectivity index (χ4n) is 2.63. The van der Waals surface area contributed by atoms with Crippen LogP contribution >= 0.6 is 0 Å². The van der Waals surface area contributed by atoms with Crippen molar-refractivity contribution in [2.75, 3.05) is 6.61 Å². The quantitative estimate of drug-likeness (QED) is 0.825. The van der Waals surface area contributed by atoms with Gasteiger partial charge in [0, 0.05) is 6.20 Å². The first-order chi connectivity index (χ1) is 10.0. The summed E-state index contributed by atoms with van der Waals surface area (Å²) in [6.07, 6.45) is 12.4. The fraction of sp³-hybridized carbons (Fsp3) is 0.500. The highest BCUT2D eigenvalue weighted by molar-refractivity contribution is 5.45. The summed E-state index contributed by atoms with van der Waals surface area (Å²) in [7, 11) is 0. The number of nitrogens with one attached hydrogen (secondary N) is 1. The van der Waals surface area contributed by atoms with Crippen molar-refractivity contribution in [3.05, 3.63) is 48.6 Å². The van der Waals surface area contributed by atoms with Crippen LogP contribution in [0.2, 0.25) is 0 Å². The highest BCUT2D eigenvalue weighted by atomic mass is 16.5. The number of rotatable bonds is 5. The molecular formula is C18H26N2O. The Balaban J connectivity index is 2.44. The molecule has 2 heterocycles. The van der Waals surface area contributed by atoms with E-state index < -0.39 is 0 Å². The number of unbranched alkanes of at least 4 members (excludes halogenated alkanes) is 1. The van der Waals surface area contributed by atoms with Gasteiger partial charge in [-0.2, -0.15) is 0 Å². The molecule has 3 nitrogen and oxygen atoms in total. The van der Waals surface area contributed by atoms with E-state index >= 15 is 0 Å². The number of hydrogen-bond donors (Lipinski definition) is 1. The van der Waals surface area contributed by atoms with Crippen LogP contribution in [0.15, 0.2) is 42.9 Å². The maximum atomic E-state index is 6.00. The number of allylic oxidation sites excluding steroid dienone is 2. The predicted molar refractivity (Wildman–Crippen MR) is 87.2 cm³/mol. The lowest BCUT2D eigenvalue weighted by Crippen LogP contribution is -2.39. The van der Waals surface area contributed by atoms with E-state index in [1.54, 1.807) is 0 Å². The number of nitrogens with zero attached hydrogens (tertiary/aromatic N) is 1. The van der Waals surface area contributed by atoms with Crippen LogP contribution in [-0.4, -0.2) is 11.6 Å². The average Bonchev–Trinajstić information content (AvgIpc) is 2.48. The zero-order valence-electron chi connectivity index (χ0n) is 13.5. The van der Waals surface area contributed by atoms with Crippen LogP contribution in [0.3, 0.4) is 0 Å². The first-order valence-electron chi connectivity index (χ1n) is 7.71. The third-order valence-electron chi connectivity index (χ3n) is 4.04. The Hall–Kier alpha value is -1.77. The van der Waals surface area contributed by atoms with E-state index in [-0.39, 0.29) is 10.8 Å². The number of hydrogen-bond acceptors (Lipinski definition) is 3. The molecule has 1 aromatic rings. The summed E-state index contributed by atoms with van der Waals surface area (Å²) in [6.45, 7) is 9.61. The molecule has 114 valence electrons. The highest BCUT2D eigenvalue weighted by Crippen LogP contribution is 2.47. The topological polar surface area (TPSA) is 34.1 Å². The molecule has 21 heavy (non-hydrogen) atoms. The minimum Gasteiger partial charge on any atom is -0.492 e. The number of pyridine rings is 1. The van der Waals surface area contributed by atoms with E-state index in [9.17, 15) is 0 Å². The van der Waals surface area contributed by atoms with Gasteiger partial charge in [-0.05, 0) is 36.4 Å². The third kappa shape index (κ3) is 3.12. The summed E-state index contributed by atoms with van der Waals surface area (Å²) in [4.78, 5) is 4.66. The minimum atomic E-state index is -0.263. The standard InChI is InChI=1S/C18H26N2O/c1-5-6-14-21-15-8-7-11-20-16(15)18(17(2,3)4)9-12-19-13-10-18/h7-13,19H,5-6,14H2,1-4H3. The van der Waals surface area contributed by atoms with Gasteiger partial charge in [0.05, 0.1) is 17.7 Å². The zero-order valence-corrected chi connectivity index (χ0v) is 13.5. The van der Waals surface area contributed by atoms with Crippen LogP contribution < -0.4 is 10.1 Å². The van der Waals surface area contributed by atoms with Gasteiger partial charge in [0.25, 0.3) is 0 Å². The second-order valence-corrected chi connectivity index (χ2v) is 6.50.